The van der Waals surface area contributed by atoms with Crippen LogP contribution in [-0.4, -0.2) is 23.8 Å². The number of carbonyl (C=O) groups excluding carboxylic acids is 1. The predicted molar refractivity (Wildman–Crippen MR) is 63.9 cm³/mol. The highest BCUT2D eigenvalue weighted by atomic mass is 79.9. The molecule has 0 aliphatic rings. The van der Waals surface area contributed by atoms with E-state index in [2.05, 4.69) is 26.6 Å². The molecule has 15 heavy (non-hydrogen) atoms. The summed E-state index contributed by atoms with van der Waals surface area (Å²) in [4.78, 5) is 11.2. The molecule has 1 aromatic rings. The minimum absolute atomic E-state index is 0.263. The zero-order chi connectivity index (χ0) is 11.3. The van der Waals surface area contributed by atoms with Gasteiger partial charge in [0.1, 0.15) is 0 Å². The molecule has 0 aliphatic heterocycles. The van der Waals surface area contributed by atoms with Crippen LogP contribution in [0, 0.1) is 0 Å². The summed E-state index contributed by atoms with van der Waals surface area (Å²) in [5, 5.41) is 16.2. The Morgan fingerprint density at radius 2 is 2.40 bits per heavy atom. The summed E-state index contributed by atoms with van der Waals surface area (Å²) >= 11 is 4.93. The molecule has 0 bridgehead atoms. The topological polar surface area (TPSA) is 61.4 Å². The SMILES string of the molecule is C[C@@H](O)CNC(=O)NCc1csc(Br)c1. The van der Waals surface area contributed by atoms with Gasteiger partial charge < -0.3 is 15.7 Å². The van der Waals surface area contributed by atoms with Gasteiger partial charge in [0, 0.05) is 13.1 Å². The van der Waals surface area contributed by atoms with Crippen molar-refractivity contribution in [2.75, 3.05) is 6.54 Å². The molecule has 0 spiro atoms. The van der Waals surface area contributed by atoms with Crippen molar-refractivity contribution in [1.29, 1.82) is 0 Å². The number of aliphatic hydroxyl groups is 1. The van der Waals surface area contributed by atoms with E-state index in [1.807, 2.05) is 11.4 Å². The molecule has 1 heterocycles. The highest BCUT2D eigenvalue weighted by Gasteiger charge is 2.02. The standard InChI is InChI=1S/C9H13BrN2O2S/c1-6(13)3-11-9(14)12-4-7-2-8(10)15-5-7/h2,5-6,13H,3-4H2,1H3,(H2,11,12,14)/t6-/m1/s1. The maximum absolute atomic E-state index is 11.2. The van der Waals surface area contributed by atoms with Crippen LogP contribution in [0.25, 0.3) is 0 Å². The molecule has 1 rings (SSSR count). The molecule has 0 aliphatic carbocycles. The van der Waals surface area contributed by atoms with Gasteiger partial charge in [0.2, 0.25) is 0 Å². The minimum atomic E-state index is -0.522. The van der Waals surface area contributed by atoms with Crippen LogP contribution in [0.3, 0.4) is 0 Å². The van der Waals surface area contributed by atoms with E-state index in [4.69, 9.17) is 5.11 Å². The summed E-state index contributed by atoms with van der Waals surface area (Å²) < 4.78 is 1.05. The third kappa shape index (κ3) is 5.15. The van der Waals surface area contributed by atoms with Gasteiger partial charge in [0.25, 0.3) is 0 Å². The number of rotatable bonds is 4. The fraction of sp³-hybridized carbons (Fsp3) is 0.444. The molecule has 4 nitrogen and oxygen atoms in total. The van der Waals surface area contributed by atoms with E-state index in [0.717, 1.165) is 9.35 Å². The highest BCUT2D eigenvalue weighted by Crippen LogP contribution is 2.20. The lowest BCUT2D eigenvalue weighted by atomic mass is 10.3. The number of hydrogen-bond acceptors (Lipinski definition) is 3. The number of nitrogens with one attached hydrogen (secondary N) is 2. The summed E-state index contributed by atoms with van der Waals surface area (Å²) in [6.07, 6.45) is -0.522. The lowest BCUT2D eigenvalue weighted by Gasteiger charge is -2.07. The first kappa shape index (κ1) is 12.5. The first-order valence-electron chi connectivity index (χ1n) is 4.50. The normalized spacial score (nSPS) is 12.2. The van der Waals surface area contributed by atoms with Gasteiger partial charge in [-0.1, -0.05) is 0 Å². The summed E-state index contributed by atoms with van der Waals surface area (Å²) in [5.74, 6) is 0. The fourth-order valence-electron chi connectivity index (χ4n) is 0.924. The maximum Gasteiger partial charge on any atom is 0.315 e. The number of halogens is 1. The van der Waals surface area contributed by atoms with Gasteiger partial charge in [-0.3, -0.25) is 0 Å². The number of urea groups is 1. The number of amides is 2. The molecule has 0 unspecified atom stereocenters. The Hall–Kier alpha value is -0.590. The molecule has 6 heteroatoms. The van der Waals surface area contributed by atoms with Crippen LogP contribution in [0.4, 0.5) is 4.79 Å². The van der Waals surface area contributed by atoms with Crippen molar-refractivity contribution < 1.29 is 9.90 Å². The Kier molecular flexibility index (Phi) is 5.07. The van der Waals surface area contributed by atoms with Gasteiger partial charge in [0.05, 0.1) is 9.89 Å². The smallest absolute Gasteiger partial charge is 0.315 e. The zero-order valence-electron chi connectivity index (χ0n) is 8.29. The van der Waals surface area contributed by atoms with Crippen LogP contribution in [0.1, 0.15) is 12.5 Å². The molecular weight excluding hydrogens is 280 g/mol. The van der Waals surface area contributed by atoms with E-state index >= 15 is 0 Å². The van der Waals surface area contributed by atoms with E-state index in [1.54, 1.807) is 18.3 Å². The van der Waals surface area contributed by atoms with E-state index in [1.165, 1.54) is 0 Å². The minimum Gasteiger partial charge on any atom is -0.392 e. The molecule has 84 valence electrons. The van der Waals surface area contributed by atoms with Crippen molar-refractivity contribution in [3.8, 4) is 0 Å². The summed E-state index contributed by atoms with van der Waals surface area (Å²) in [7, 11) is 0. The van der Waals surface area contributed by atoms with Gasteiger partial charge in [-0.25, -0.2) is 4.79 Å². The molecule has 2 amide bonds. The molecule has 1 aromatic heterocycles. The molecular formula is C9H13BrN2O2S. The molecule has 0 fully saturated rings. The summed E-state index contributed by atoms with van der Waals surface area (Å²) in [5.41, 5.74) is 1.05. The Balaban J connectivity index is 2.22. The average molecular weight is 293 g/mol. The zero-order valence-corrected chi connectivity index (χ0v) is 10.7. The van der Waals surface area contributed by atoms with Gasteiger partial charge >= 0.3 is 6.03 Å². The van der Waals surface area contributed by atoms with Crippen LogP contribution in [-0.2, 0) is 6.54 Å². The van der Waals surface area contributed by atoms with Gasteiger partial charge in [0.15, 0.2) is 0 Å². The predicted octanol–water partition coefficient (Wildman–Crippen LogP) is 1.69. The Labute approximate surface area is 101 Å². The molecule has 0 saturated heterocycles. The van der Waals surface area contributed by atoms with Crippen LogP contribution >= 0.6 is 27.3 Å². The first-order valence-corrected chi connectivity index (χ1v) is 6.18. The Morgan fingerprint density at radius 1 is 1.67 bits per heavy atom. The number of thiophene rings is 1. The second-order valence-corrected chi connectivity index (χ2v) is 5.46. The van der Waals surface area contributed by atoms with Gasteiger partial charge in [-0.05, 0) is 39.9 Å². The second-order valence-electron chi connectivity index (χ2n) is 3.17. The fourth-order valence-corrected chi connectivity index (χ4v) is 2.13. The van der Waals surface area contributed by atoms with Crippen molar-refractivity contribution in [3.05, 3.63) is 20.8 Å². The van der Waals surface area contributed by atoms with E-state index in [9.17, 15) is 4.79 Å². The largest absolute Gasteiger partial charge is 0.392 e. The lowest BCUT2D eigenvalue weighted by molar-refractivity contribution is 0.187. The third-order valence-corrected chi connectivity index (χ3v) is 3.19. The van der Waals surface area contributed by atoms with E-state index < -0.39 is 6.10 Å². The number of hydrogen-bond donors (Lipinski definition) is 3. The van der Waals surface area contributed by atoms with Crippen molar-refractivity contribution >= 4 is 33.3 Å². The van der Waals surface area contributed by atoms with E-state index in [-0.39, 0.29) is 12.6 Å². The third-order valence-electron chi connectivity index (χ3n) is 1.63. The Morgan fingerprint density at radius 3 is 2.93 bits per heavy atom. The van der Waals surface area contributed by atoms with Crippen molar-refractivity contribution in [2.45, 2.75) is 19.6 Å². The molecule has 0 saturated carbocycles. The second kappa shape index (κ2) is 6.09. The van der Waals surface area contributed by atoms with Crippen LogP contribution < -0.4 is 10.6 Å². The van der Waals surface area contributed by atoms with Crippen molar-refractivity contribution in [3.63, 3.8) is 0 Å². The van der Waals surface area contributed by atoms with Crippen molar-refractivity contribution in [2.24, 2.45) is 0 Å². The Bertz CT molecular complexity index is 328. The monoisotopic (exact) mass is 292 g/mol. The van der Waals surface area contributed by atoms with Crippen molar-refractivity contribution in [1.82, 2.24) is 10.6 Å². The highest BCUT2D eigenvalue weighted by molar-refractivity contribution is 9.11. The quantitative estimate of drug-likeness (QED) is 0.791. The number of carbonyl (C=O) groups is 1. The molecule has 3 N–H and O–H groups in total. The maximum atomic E-state index is 11.2. The van der Waals surface area contributed by atoms with Crippen LogP contribution in [0.2, 0.25) is 0 Å². The lowest BCUT2D eigenvalue weighted by Crippen LogP contribution is -2.38. The van der Waals surface area contributed by atoms with Gasteiger partial charge in [-0.15, -0.1) is 11.3 Å². The average Bonchev–Trinajstić information content (AvgIpc) is 2.58. The van der Waals surface area contributed by atoms with Crippen LogP contribution in [0.5, 0.6) is 0 Å². The molecule has 0 radical (unpaired) electrons. The van der Waals surface area contributed by atoms with Crippen LogP contribution in [0.15, 0.2) is 15.2 Å². The van der Waals surface area contributed by atoms with Gasteiger partial charge in [-0.2, -0.15) is 0 Å². The summed E-state index contributed by atoms with van der Waals surface area (Å²) in [6, 6.07) is 1.69. The first-order chi connectivity index (χ1) is 7.08. The molecule has 0 aromatic carbocycles. The number of aliphatic hydroxyl groups excluding tert-OH is 1. The van der Waals surface area contributed by atoms with E-state index in [0.29, 0.717) is 6.54 Å². The summed E-state index contributed by atoms with van der Waals surface area (Å²) in [6.45, 7) is 2.38. The molecule has 1 atom stereocenters.